The topological polar surface area (TPSA) is 57.4 Å². The minimum Gasteiger partial charge on any atom is -0.496 e. The summed E-state index contributed by atoms with van der Waals surface area (Å²) >= 11 is 0. The van der Waals surface area contributed by atoms with Gasteiger partial charge in [0.25, 0.3) is 0 Å². The van der Waals surface area contributed by atoms with Crippen LogP contribution in [0.5, 0.6) is 11.5 Å². The van der Waals surface area contributed by atoms with Crippen molar-refractivity contribution in [1.82, 2.24) is 4.98 Å². The van der Waals surface area contributed by atoms with Gasteiger partial charge in [-0.2, -0.15) is 0 Å². The Morgan fingerprint density at radius 3 is 2.56 bits per heavy atom. The monoisotopic (exact) mass is 244 g/mol. The van der Waals surface area contributed by atoms with Crippen LogP contribution in [0.3, 0.4) is 0 Å². The highest BCUT2D eigenvalue weighted by Gasteiger charge is 2.05. The highest BCUT2D eigenvalue weighted by molar-refractivity contribution is 5.66. The molecule has 2 aromatic rings. The first-order valence-electron chi connectivity index (χ1n) is 5.65. The Kier molecular flexibility index (Phi) is 3.79. The predicted molar refractivity (Wildman–Crippen MR) is 70.7 cm³/mol. The second-order valence-corrected chi connectivity index (χ2v) is 3.84. The van der Waals surface area contributed by atoms with Gasteiger partial charge in [0, 0.05) is 23.9 Å². The first kappa shape index (κ1) is 12.4. The maximum atomic E-state index is 5.71. The molecule has 0 saturated carbocycles. The SMILES string of the molecule is COc1cncc(-c2ccc(OC)c(CN)c2)c1. The van der Waals surface area contributed by atoms with E-state index in [9.17, 15) is 0 Å². The number of benzene rings is 1. The highest BCUT2D eigenvalue weighted by Crippen LogP contribution is 2.27. The minimum absolute atomic E-state index is 0.439. The molecule has 0 aliphatic carbocycles. The molecule has 0 unspecified atom stereocenters. The molecule has 0 atom stereocenters. The van der Waals surface area contributed by atoms with Gasteiger partial charge in [-0.1, -0.05) is 6.07 Å². The predicted octanol–water partition coefficient (Wildman–Crippen LogP) is 2.22. The van der Waals surface area contributed by atoms with Gasteiger partial charge in [-0.3, -0.25) is 4.98 Å². The van der Waals surface area contributed by atoms with Gasteiger partial charge in [-0.25, -0.2) is 0 Å². The molecule has 0 amide bonds. The molecule has 1 aromatic heterocycles. The van der Waals surface area contributed by atoms with Crippen LogP contribution < -0.4 is 15.2 Å². The quantitative estimate of drug-likeness (QED) is 0.896. The molecule has 0 saturated heterocycles. The largest absolute Gasteiger partial charge is 0.496 e. The number of nitrogens with zero attached hydrogens (tertiary/aromatic N) is 1. The number of ether oxygens (including phenoxy) is 2. The van der Waals surface area contributed by atoms with Gasteiger partial charge in [-0.05, 0) is 23.8 Å². The van der Waals surface area contributed by atoms with Gasteiger partial charge in [0.2, 0.25) is 0 Å². The molecule has 1 heterocycles. The van der Waals surface area contributed by atoms with Crippen LogP contribution in [0.4, 0.5) is 0 Å². The lowest BCUT2D eigenvalue weighted by atomic mass is 10.0. The number of hydrogen-bond acceptors (Lipinski definition) is 4. The molecule has 0 aliphatic heterocycles. The van der Waals surface area contributed by atoms with Crippen molar-refractivity contribution >= 4 is 0 Å². The van der Waals surface area contributed by atoms with E-state index in [0.717, 1.165) is 28.2 Å². The van der Waals surface area contributed by atoms with Gasteiger partial charge in [-0.15, -0.1) is 0 Å². The summed E-state index contributed by atoms with van der Waals surface area (Å²) in [5.74, 6) is 1.54. The van der Waals surface area contributed by atoms with E-state index in [1.165, 1.54) is 0 Å². The minimum atomic E-state index is 0.439. The van der Waals surface area contributed by atoms with Crippen LogP contribution in [0.25, 0.3) is 11.1 Å². The Balaban J connectivity index is 2.43. The van der Waals surface area contributed by atoms with Crippen LogP contribution in [-0.4, -0.2) is 19.2 Å². The number of methoxy groups -OCH3 is 2. The fraction of sp³-hybridized carbons (Fsp3) is 0.214. The van der Waals surface area contributed by atoms with Crippen LogP contribution in [0, 0.1) is 0 Å². The Morgan fingerprint density at radius 2 is 1.89 bits per heavy atom. The van der Waals surface area contributed by atoms with Gasteiger partial charge in [0.1, 0.15) is 11.5 Å². The zero-order valence-electron chi connectivity index (χ0n) is 10.5. The van der Waals surface area contributed by atoms with E-state index >= 15 is 0 Å². The van der Waals surface area contributed by atoms with E-state index in [-0.39, 0.29) is 0 Å². The van der Waals surface area contributed by atoms with Crippen molar-refractivity contribution in [1.29, 1.82) is 0 Å². The number of rotatable bonds is 4. The number of nitrogens with two attached hydrogens (primary N) is 1. The smallest absolute Gasteiger partial charge is 0.137 e. The Morgan fingerprint density at radius 1 is 1.06 bits per heavy atom. The van der Waals surface area contributed by atoms with Crippen molar-refractivity contribution in [2.24, 2.45) is 5.73 Å². The fourth-order valence-corrected chi connectivity index (χ4v) is 1.81. The maximum Gasteiger partial charge on any atom is 0.137 e. The van der Waals surface area contributed by atoms with Gasteiger partial charge < -0.3 is 15.2 Å². The van der Waals surface area contributed by atoms with Crippen molar-refractivity contribution in [2.45, 2.75) is 6.54 Å². The molecule has 0 fully saturated rings. The molecule has 4 heteroatoms. The number of hydrogen-bond donors (Lipinski definition) is 1. The van der Waals surface area contributed by atoms with Gasteiger partial charge in [0.05, 0.1) is 20.4 Å². The summed E-state index contributed by atoms with van der Waals surface area (Å²) in [5, 5.41) is 0. The summed E-state index contributed by atoms with van der Waals surface area (Å²) in [6.07, 6.45) is 3.47. The Hall–Kier alpha value is -2.07. The lowest BCUT2D eigenvalue weighted by Gasteiger charge is -2.09. The molecule has 2 rings (SSSR count). The Bertz CT molecular complexity index is 541. The normalized spacial score (nSPS) is 10.2. The van der Waals surface area contributed by atoms with Gasteiger partial charge >= 0.3 is 0 Å². The van der Waals surface area contributed by atoms with E-state index in [1.807, 2.05) is 24.3 Å². The first-order valence-corrected chi connectivity index (χ1v) is 5.65. The Labute approximate surface area is 106 Å². The summed E-state index contributed by atoms with van der Waals surface area (Å²) < 4.78 is 10.4. The molecular weight excluding hydrogens is 228 g/mol. The van der Waals surface area contributed by atoms with Crippen molar-refractivity contribution in [2.75, 3.05) is 14.2 Å². The van der Waals surface area contributed by atoms with Crippen molar-refractivity contribution < 1.29 is 9.47 Å². The van der Waals surface area contributed by atoms with Crippen molar-refractivity contribution in [3.8, 4) is 22.6 Å². The third kappa shape index (κ3) is 2.43. The summed E-state index contributed by atoms with van der Waals surface area (Å²) in [4.78, 5) is 4.14. The molecule has 0 spiro atoms. The lowest BCUT2D eigenvalue weighted by Crippen LogP contribution is -2.00. The van der Waals surface area contributed by atoms with Crippen LogP contribution in [-0.2, 0) is 6.54 Å². The average molecular weight is 244 g/mol. The number of pyridine rings is 1. The fourth-order valence-electron chi connectivity index (χ4n) is 1.81. The van der Waals surface area contributed by atoms with E-state index in [2.05, 4.69) is 4.98 Å². The highest BCUT2D eigenvalue weighted by atomic mass is 16.5. The van der Waals surface area contributed by atoms with Crippen molar-refractivity contribution in [3.63, 3.8) is 0 Å². The molecule has 18 heavy (non-hydrogen) atoms. The summed E-state index contributed by atoms with van der Waals surface area (Å²) in [6.45, 7) is 0.439. The molecule has 1 aromatic carbocycles. The average Bonchev–Trinajstić information content (AvgIpc) is 2.46. The maximum absolute atomic E-state index is 5.71. The standard InChI is InChI=1S/C14H16N2O2/c1-17-13-6-12(8-16-9-13)10-3-4-14(18-2)11(5-10)7-15/h3-6,8-9H,7,15H2,1-2H3. The van der Waals surface area contributed by atoms with E-state index in [0.29, 0.717) is 6.54 Å². The molecule has 0 bridgehead atoms. The van der Waals surface area contributed by atoms with Crippen LogP contribution >= 0.6 is 0 Å². The van der Waals surface area contributed by atoms with Crippen LogP contribution in [0.1, 0.15) is 5.56 Å². The summed E-state index contributed by atoms with van der Waals surface area (Å²) in [5.41, 5.74) is 8.72. The molecule has 94 valence electrons. The van der Waals surface area contributed by atoms with Crippen LogP contribution in [0.2, 0.25) is 0 Å². The molecule has 0 radical (unpaired) electrons. The van der Waals surface area contributed by atoms with E-state index in [1.54, 1.807) is 26.6 Å². The second-order valence-electron chi connectivity index (χ2n) is 3.84. The van der Waals surface area contributed by atoms with Crippen molar-refractivity contribution in [3.05, 3.63) is 42.2 Å². The van der Waals surface area contributed by atoms with Gasteiger partial charge in [0.15, 0.2) is 0 Å². The second kappa shape index (κ2) is 5.51. The summed E-state index contributed by atoms with van der Waals surface area (Å²) in [7, 11) is 3.27. The molecule has 4 nitrogen and oxygen atoms in total. The van der Waals surface area contributed by atoms with Crippen LogP contribution in [0.15, 0.2) is 36.7 Å². The third-order valence-corrected chi connectivity index (χ3v) is 2.78. The molecule has 2 N–H and O–H groups in total. The first-order chi connectivity index (χ1) is 8.78. The molecule has 0 aliphatic rings. The van der Waals surface area contributed by atoms with E-state index in [4.69, 9.17) is 15.2 Å². The third-order valence-electron chi connectivity index (χ3n) is 2.78. The zero-order chi connectivity index (χ0) is 13.0. The molecular formula is C14H16N2O2. The van der Waals surface area contributed by atoms with E-state index < -0.39 is 0 Å². The lowest BCUT2D eigenvalue weighted by molar-refractivity contribution is 0.410. The number of aromatic nitrogens is 1. The summed E-state index contributed by atoms with van der Waals surface area (Å²) in [6, 6.07) is 7.84. The zero-order valence-corrected chi connectivity index (χ0v) is 10.5.